The third-order valence-corrected chi connectivity index (χ3v) is 3.98. The molecule has 1 aromatic rings. The lowest BCUT2D eigenvalue weighted by molar-refractivity contribution is -0.141. The van der Waals surface area contributed by atoms with Gasteiger partial charge in [-0.25, -0.2) is 4.79 Å². The third kappa shape index (κ3) is 7.31. The first-order valence-electron chi connectivity index (χ1n) is 8.67. The van der Waals surface area contributed by atoms with E-state index in [1.807, 2.05) is 24.3 Å². The molecule has 128 valence electrons. The molecule has 0 saturated carbocycles. The normalized spacial score (nSPS) is 11.9. The number of rotatable bonds is 11. The lowest BCUT2D eigenvalue weighted by Crippen LogP contribution is -2.42. The van der Waals surface area contributed by atoms with Crippen LogP contribution in [0, 0.1) is 0 Å². The summed E-state index contributed by atoms with van der Waals surface area (Å²) in [5, 5.41) is 12.1. The fraction of sp³-hybridized carbons (Fsp3) is 0.579. The van der Waals surface area contributed by atoms with E-state index in [1.54, 1.807) is 0 Å². The first-order valence-corrected chi connectivity index (χ1v) is 8.67. The molecule has 0 aliphatic heterocycles. The van der Waals surface area contributed by atoms with Gasteiger partial charge in [-0.3, -0.25) is 4.79 Å². The van der Waals surface area contributed by atoms with Crippen molar-refractivity contribution in [1.82, 2.24) is 5.32 Å². The van der Waals surface area contributed by atoms with Gasteiger partial charge in [0.15, 0.2) is 0 Å². The molecule has 2 N–H and O–H groups in total. The molecule has 1 aromatic carbocycles. The highest BCUT2D eigenvalue weighted by Crippen LogP contribution is 2.14. The SMILES string of the molecule is CCCCCC(=O)N[C@@H](Cc1ccccc1CCCC)C(=O)O. The van der Waals surface area contributed by atoms with Crippen LogP contribution in [-0.4, -0.2) is 23.0 Å². The second-order valence-electron chi connectivity index (χ2n) is 5.99. The van der Waals surface area contributed by atoms with Gasteiger partial charge in [0.1, 0.15) is 6.04 Å². The molecule has 0 unspecified atom stereocenters. The number of benzene rings is 1. The molecule has 4 nitrogen and oxygen atoms in total. The monoisotopic (exact) mass is 319 g/mol. The van der Waals surface area contributed by atoms with Gasteiger partial charge in [0.05, 0.1) is 0 Å². The van der Waals surface area contributed by atoms with E-state index in [0.29, 0.717) is 12.8 Å². The van der Waals surface area contributed by atoms with Crippen LogP contribution in [0.4, 0.5) is 0 Å². The number of carboxylic acids is 1. The minimum atomic E-state index is -0.973. The van der Waals surface area contributed by atoms with E-state index in [2.05, 4.69) is 19.2 Å². The van der Waals surface area contributed by atoms with E-state index in [4.69, 9.17) is 0 Å². The number of aliphatic carboxylic acids is 1. The van der Waals surface area contributed by atoms with Crippen LogP contribution < -0.4 is 5.32 Å². The predicted octanol–water partition coefficient (Wildman–Crippen LogP) is 3.72. The van der Waals surface area contributed by atoms with E-state index < -0.39 is 12.0 Å². The van der Waals surface area contributed by atoms with E-state index in [-0.39, 0.29) is 5.91 Å². The van der Waals surface area contributed by atoms with Gasteiger partial charge >= 0.3 is 5.97 Å². The summed E-state index contributed by atoms with van der Waals surface area (Å²) in [6, 6.07) is 7.06. The average Bonchev–Trinajstić information content (AvgIpc) is 2.53. The molecule has 1 amide bonds. The van der Waals surface area contributed by atoms with Crippen LogP contribution in [0.25, 0.3) is 0 Å². The summed E-state index contributed by atoms with van der Waals surface area (Å²) in [6.45, 7) is 4.21. The van der Waals surface area contributed by atoms with Crippen molar-refractivity contribution in [2.24, 2.45) is 0 Å². The van der Waals surface area contributed by atoms with Crippen LogP contribution in [0.1, 0.15) is 63.5 Å². The molecule has 1 atom stereocenters. The van der Waals surface area contributed by atoms with Crippen molar-refractivity contribution >= 4 is 11.9 Å². The Morgan fingerprint density at radius 1 is 1.04 bits per heavy atom. The molecule has 0 bridgehead atoms. The molecule has 0 fully saturated rings. The van der Waals surface area contributed by atoms with Crippen LogP contribution in [0.2, 0.25) is 0 Å². The van der Waals surface area contributed by atoms with E-state index in [1.165, 1.54) is 5.56 Å². The number of unbranched alkanes of at least 4 members (excludes halogenated alkanes) is 3. The van der Waals surface area contributed by atoms with Crippen molar-refractivity contribution in [2.45, 2.75) is 71.3 Å². The molecular formula is C19H29NO3. The Bertz CT molecular complexity index is 499. The van der Waals surface area contributed by atoms with Gasteiger partial charge in [-0.2, -0.15) is 0 Å². The fourth-order valence-corrected chi connectivity index (χ4v) is 2.59. The van der Waals surface area contributed by atoms with Crippen molar-refractivity contribution < 1.29 is 14.7 Å². The summed E-state index contributed by atoms with van der Waals surface area (Å²) in [6.07, 6.45) is 6.71. The van der Waals surface area contributed by atoms with Crippen LogP contribution in [0.5, 0.6) is 0 Å². The molecule has 0 aliphatic rings. The first kappa shape index (κ1) is 19.2. The van der Waals surface area contributed by atoms with Crippen LogP contribution in [-0.2, 0) is 22.4 Å². The molecule has 1 rings (SSSR count). The van der Waals surface area contributed by atoms with Gasteiger partial charge in [-0.15, -0.1) is 0 Å². The minimum absolute atomic E-state index is 0.170. The van der Waals surface area contributed by atoms with Crippen molar-refractivity contribution in [3.8, 4) is 0 Å². The molecular weight excluding hydrogens is 290 g/mol. The summed E-state index contributed by atoms with van der Waals surface area (Å²) >= 11 is 0. The quantitative estimate of drug-likeness (QED) is 0.611. The highest BCUT2D eigenvalue weighted by molar-refractivity contribution is 5.83. The van der Waals surface area contributed by atoms with E-state index in [9.17, 15) is 14.7 Å². The second kappa shape index (κ2) is 10.8. The van der Waals surface area contributed by atoms with Crippen LogP contribution >= 0.6 is 0 Å². The molecule has 0 spiro atoms. The zero-order chi connectivity index (χ0) is 17.1. The van der Waals surface area contributed by atoms with E-state index in [0.717, 1.165) is 44.1 Å². The maximum atomic E-state index is 11.9. The van der Waals surface area contributed by atoms with Crippen molar-refractivity contribution in [3.05, 3.63) is 35.4 Å². The topological polar surface area (TPSA) is 66.4 Å². The first-order chi connectivity index (χ1) is 11.1. The van der Waals surface area contributed by atoms with Crippen molar-refractivity contribution in [3.63, 3.8) is 0 Å². The van der Waals surface area contributed by atoms with Gasteiger partial charge in [0.25, 0.3) is 0 Å². The lowest BCUT2D eigenvalue weighted by Gasteiger charge is -2.17. The number of hydrogen-bond donors (Lipinski definition) is 2. The summed E-state index contributed by atoms with van der Waals surface area (Å²) in [4.78, 5) is 23.4. The molecule has 0 aliphatic carbocycles. The van der Waals surface area contributed by atoms with Gasteiger partial charge in [-0.1, -0.05) is 57.4 Å². The smallest absolute Gasteiger partial charge is 0.326 e. The zero-order valence-electron chi connectivity index (χ0n) is 14.3. The van der Waals surface area contributed by atoms with Crippen LogP contribution in [0.3, 0.4) is 0 Å². The lowest BCUT2D eigenvalue weighted by atomic mass is 9.96. The Morgan fingerprint density at radius 3 is 2.30 bits per heavy atom. The molecule has 23 heavy (non-hydrogen) atoms. The Kier molecular flexibility index (Phi) is 9.03. The average molecular weight is 319 g/mol. The number of hydrogen-bond acceptors (Lipinski definition) is 2. The van der Waals surface area contributed by atoms with Gasteiger partial charge < -0.3 is 10.4 Å². The van der Waals surface area contributed by atoms with Gasteiger partial charge in [-0.05, 0) is 30.4 Å². The summed E-state index contributed by atoms with van der Waals surface area (Å²) in [5.74, 6) is -1.14. The number of carbonyl (C=O) groups excluding carboxylic acids is 1. The predicted molar refractivity (Wildman–Crippen MR) is 92.5 cm³/mol. The molecule has 0 heterocycles. The van der Waals surface area contributed by atoms with E-state index >= 15 is 0 Å². The standard InChI is InChI=1S/C19H29NO3/c1-3-5-7-13-18(21)20-17(19(22)23)14-16-12-9-8-11-15(16)10-6-4-2/h8-9,11-12,17H,3-7,10,13-14H2,1-2H3,(H,20,21)(H,22,23)/t17-/m0/s1. The Balaban J connectivity index is 2.69. The zero-order valence-corrected chi connectivity index (χ0v) is 14.3. The summed E-state index contributed by atoms with van der Waals surface area (Å²) in [5.41, 5.74) is 2.20. The number of carbonyl (C=O) groups is 2. The molecule has 4 heteroatoms. The third-order valence-electron chi connectivity index (χ3n) is 3.98. The second-order valence-corrected chi connectivity index (χ2v) is 5.99. The maximum Gasteiger partial charge on any atom is 0.326 e. The number of aryl methyl sites for hydroxylation is 1. The number of carboxylic acid groups (broad SMARTS) is 1. The van der Waals surface area contributed by atoms with Crippen LogP contribution in [0.15, 0.2) is 24.3 Å². The molecule has 0 saturated heterocycles. The van der Waals surface area contributed by atoms with Gasteiger partial charge in [0.2, 0.25) is 5.91 Å². The fourth-order valence-electron chi connectivity index (χ4n) is 2.59. The summed E-state index contributed by atoms with van der Waals surface area (Å²) in [7, 11) is 0. The largest absolute Gasteiger partial charge is 0.480 e. The Labute approximate surface area is 139 Å². The van der Waals surface area contributed by atoms with Gasteiger partial charge in [0, 0.05) is 12.8 Å². The minimum Gasteiger partial charge on any atom is -0.480 e. The Morgan fingerprint density at radius 2 is 1.70 bits per heavy atom. The highest BCUT2D eigenvalue weighted by atomic mass is 16.4. The molecule has 0 radical (unpaired) electrons. The summed E-state index contributed by atoms with van der Waals surface area (Å²) < 4.78 is 0. The number of nitrogens with one attached hydrogen (secondary N) is 1. The van der Waals surface area contributed by atoms with Crippen molar-refractivity contribution in [2.75, 3.05) is 0 Å². The number of amides is 1. The molecule has 0 aromatic heterocycles. The Hall–Kier alpha value is -1.84. The van der Waals surface area contributed by atoms with Crippen molar-refractivity contribution in [1.29, 1.82) is 0 Å². The maximum absolute atomic E-state index is 11.9. The highest BCUT2D eigenvalue weighted by Gasteiger charge is 2.21.